The third-order valence-corrected chi connectivity index (χ3v) is 3.63. The Hall–Kier alpha value is -1.53. The summed E-state index contributed by atoms with van der Waals surface area (Å²) in [7, 11) is 0. The van der Waals surface area contributed by atoms with E-state index in [-0.39, 0.29) is 6.04 Å². The summed E-state index contributed by atoms with van der Waals surface area (Å²) < 4.78 is 13.9. The molecule has 20 heavy (non-hydrogen) atoms. The number of likely N-dealkylation sites (tertiary alicyclic amines) is 1. The van der Waals surface area contributed by atoms with Crippen molar-refractivity contribution in [2.75, 3.05) is 19.6 Å². The molecule has 0 spiro atoms. The monoisotopic (exact) mass is 281 g/mol. The lowest BCUT2D eigenvalue weighted by Crippen LogP contribution is -2.37. The van der Waals surface area contributed by atoms with Crippen molar-refractivity contribution >= 4 is 5.69 Å². The molecule has 0 saturated carbocycles. The first-order valence-corrected chi connectivity index (χ1v) is 6.95. The molecule has 1 aliphatic heterocycles. The molecule has 2 rings (SSSR count). The minimum absolute atomic E-state index is 0.228. The van der Waals surface area contributed by atoms with Gasteiger partial charge in [0, 0.05) is 30.8 Å². The second-order valence-corrected chi connectivity index (χ2v) is 5.30. The van der Waals surface area contributed by atoms with Crippen molar-refractivity contribution in [2.45, 2.75) is 32.4 Å². The van der Waals surface area contributed by atoms with E-state index < -0.39 is 16.4 Å². The van der Waals surface area contributed by atoms with Gasteiger partial charge in [-0.3, -0.25) is 10.1 Å². The molecule has 1 saturated heterocycles. The first-order valence-electron chi connectivity index (χ1n) is 6.95. The first-order chi connectivity index (χ1) is 9.58. The van der Waals surface area contributed by atoms with E-state index in [1.807, 2.05) is 6.92 Å². The maximum atomic E-state index is 13.9. The standard InChI is InChI=1S/C14H20FN3O2/c1-11(10-17-7-2-3-8-17)16-9-12-5-4-6-13(14(12)15)18(19)20/h4-6,11,16H,2-3,7-10H2,1H3. The Labute approximate surface area is 117 Å². The fourth-order valence-corrected chi connectivity index (χ4v) is 2.55. The highest BCUT2D eigenvalue weighted by Crippen LogP contribution is 2.20. The van der Waals surface area contributed by atoms with Crippen molar-refractivity contribution in [3.05, 3.63) is 39.7 Å². The third kappa shape index (κ3) is 3.74. The summed E-state index contributed by atoms with van der Waals surface area (Å²) >= 11 is 0. The van der Waals surface area contributed by atoms with Crippen LogP contribution in [0.5, 0.6) is 0 Å². The molecule has 0 aromatic heterocycles. The number of hydrogen-bond acceptors (Lipinski definition) is 4. The predicted molar refractivity (Wildman–Crippen MR) is 75.0 cm³/mol. The lowest BCUT2D eigenvalue weighted by molar-refractivity contribution is -0.387. The average Bonchev–Trinajstić information content (AvgIpc) is 2.90. The van der Waals surface area contributed by atoms with Crippen molar-refractivity contribution < 1.29 is 9.31 Å². The molecule has 6 heteroatoms. The summed E-state index contributed by atoms with van der Waals surface area (Å²) in [6.07, 6.45) is 2.48. The number of halogens is 1. The van der Waals surface area contributed by atoms with Gasteiger partial charge in [-0.15, -0.1) is 0 Å². The van der Waals surface area contributed by atoms with Crippen molar-refractivity contribution in [2.24, 2.45) is 0 Å². The predicted octanol–water partition coefficient (Wildman–Crippen LogP) is 2.31. The summed E-state index contributed by atoms with van der Waals surface area (Å²) in [6, 6.07) is 4.51. The van der Waals surface area contributed by atoms with Crippen molar-refractivity contribution in [1.29, 1.82) is 0 Å². The maximum Gasteiger partial charge on any atom is 0.305 e. The molecule has 1 aliphatic rings. The van der Waals surface area contributed by atoms with Gasteiger partial charge >= 0.3 is 5.69 Å². The highest BCUT2D eigenvalue weighted by Gasteiger charge is 2.18. The minimum Gasteiger partial charge on any atom is -0.309 e. The van der Waals surface area contributed by atoms with E-state index >= 15 is 0 Å². The van der Waals surface area contributed by atoms with Crippen LogP contribution in [0.3, 0.4) is 0 Å². The third-order valence-electron chi connectivity index (χ3n) is 3.63. The van der Waals surface area contributed by atoms with Crippen LogP contribution in [0, 0.1) is 15.9 Å². The van der Waals surface area contributed by atoms with Crippen LogP contribution in [0.1, 0.15) is 25.3 Å². The van der Waals surface area contributed by atoms with E-state index in [0.29, 0.717) is 12.1 Å². The molecule has 1 aromatic carbocycles. The zero-order chi connectivity index (χ0) is 14.5. The van der Waals surface area contributed by atoms with Crippen molar-refractivity contribution in [3.63, 3.8) is 0 Å². The fraction of sp³-hybridized carbons (Fsp3) is 0.571. The Kier molecular flexibility index (Phi) is 5.03. The second-order valence-electron chi connectivity index (χ2n) is 5.30. The Morgan fingerprint density at radius 2 is 2.15 bits per heavy atom. The second kappa shape index (κ2) is 6.76. The molecule has 1 fully saturated rings. The first kappa shape index (κ1) is 14.9. The molecular weight excluding hydrogens is 261 g/mol. The molecule has 1 N–H and O–H groups in total. The van der Waals surface area contributed by atoms with E-state index in [1.165, 1.54) is 25.0 Å². The van der Waals surface area contributed by atoms with Gasteiger partial charge in [-0.2, -0.15) is 4.39 Å². The van der Waals surface area contributed by atoms with Crippen LogP contribution in [0.15, 0.2) is 18.2 Å². The molecule has 0 aliphatic carbocycles. The minimum atomic E-state index is -0.738. The number of nitrogens with one attached hydrogen (secondary N) is 1. The van der Waals surface area contributed by atoms with Crippen LogP contribution in [0.25, 0.3) is 0 Å². The lowest BCUT2D eigenvalue weighted by atomic mass is 10.1. The summed E-state index contributed by atoms with van der Waals surface area (Å²) in [4.78, 5) is 12.4. The molecule has 1 unspecified atom stereocenters. The highest BCUT2D eigenvalue weighted by molar-refractivity contribution is 5.36. The van der Waals surface area contributed by atoms with Gasteiger partial charge in [0.05, 0.1) is 4.92 Å². The van der Waals surface area contributed by atoms with Crippen molar-refractivity contribution in [3.8, 4) is 0 Å². The molecule has 0 radical (unpaired) electrons. The largest absolute Gasteiger partial charge is 0.309 e. The highest BCUT2D eigenvalue weighted by atomic mass is 19.1. The number of nitrogens with zero attached hydrogens (tertiary/aromatic N) is 2. The quantitative estimate of drug-likeness (QED) is 0.642. The van der Waals surface area contributed by atoms with Crippen molar-refractivity contribution in [1.82, 2.24) is 10.2 Å². The zero-order valence-electron chi connectivity index (χ0n) is 11.6. The van der Waals surface area contributed by atoms with E-state index in [0.717, 1.165) is 19.6 Å². The van der Waals surface area contributed by atoms with Gasteiger partial charge < -0.3 is 10.2 Å². The van der Waals surface area contributed by atoms with Crippen LogP contribution in [-0.4, -0.2) is 35.5 Å². The van der Waals surface area contributed by atoms with Gasteiger partial charge in [0.1, 0.15) is 0 Å². The number of nitro benzene ring substituents is 1. The molecule has 110 valence electrons. The number of hydrogen-bond donors (Lipinski definition) is 1. The Morgan fingerprint density at radius 3 is 2.80 bits per heavy atom. The Balaban J connectivity index is 1.90. The van der Waals surface area contributed by atoms with Gasteiger partial charge in [-0.25, -0.2) is 0 Å². The van der Waals surface area contributed by atoms with Crippen LogP contribution >= 0.6 is 0 Å². The maximum absolute atomic E-state index is 13.9. The molecule has 5 nitrogen and oxygen atoms in total. The van der Waals surface area contributed by atoms with Crippen LogP contribution in [0.4, 0.5) is 10.1 Å². The number of rotatable bonds is 6. The molecule has 1 atom stereocenters. The molecule has 1 aromatic rings. The zero-order valence-corrected chi connectivity index (χ0v) is 11.6. The van der Waals surface area contributed by atoms with Crippen LogP contribution in [0.2, 0.25) is 0 Å². The molecule has 0 amide bonds. The topological polar surface area (TPSA) is 58.4 Å². The van der Waals surface area contributed by atoms with Gasteiger partial charge in [0.15, 0.2) is 0 Å². The summed E-state index contributed by atoms with van der Waals surface area (Å²) in [5.74, 6) is -0.738. The molecular formula is C14H20FN3O2. The fourth-order valence-electron chi connectivity index (χ4n) is 2.55. The SMILES string of the molecule is CC(CN1CCCC1)NCc1cccc([N+](=O)[O-])c1F. The number of nitro groups is 1. The van der Waals surface area contributed by atoms with Crippen LogP contribution in [-0.2, 0) is 6.54 Å². The van der Waals surface area contributed by atoms with Gasteiger partial charge in [-0.1, -0.05) is 12.1 Å². The van der Waals surface area contributed by atoms with E-state index in [1.54, 1.807) is 6.07 Å². The van der Waals surface area contributed by atoms with Gasteiger partial charge in [0.25, 0.3) is 0 Å². The Morgan fingerprint density at radius 1 is 1.45 bits per heavy atom. The van der Waals surface area contributed by atoms with Gasteiger partial charge in [-0.05, 0) is 32.9 Å². The molecule has 0 bridgehead atoms. The normalized spacial score (nSPS) is 17.3. The van der Waals surface area contributed by atoms with Crippen LogP contribution < -0.4 is 5.32 Å². The summed E-state index contributed by atoms with van der Waals surface area (Å²) in [6.45, 7) is 5.53. The lowest BCUT2D eigenvalue weighted by Gasteiger charge is -2.21. The van der Waals surface area contributed by atoms with Gasteiger partial charge in [0.2, 0.25) is 5.82 Å². The van der Waals surface area contributed by atoms with E-state index in [2.05, 4.69) is 10.2 Å². The molecule has 1 heterocycles. The summed E-state index contributed by atoms with van der Waals surface area (Å²) in [5.41, 5.74) is -0.121. The Bertz CT molecular complexity index is 475. The number of benzene rings is 1. The summed E-state index contributed by atoms with van der Waals surface area (Å²) in [5, 5.41) is 13.9. The van der Waals surface area contributed by atoms with E-state index in [9.17, 15) is 14.5 Å². The smallest absolute Gasteiger partial charge is 0.305 e. The van der Waals surface area contributed by atoms with E-state index in [4.69, 9.17) is 0 Å². The average molecular weight is 281 g/mol.